The number of ether oxygens (including phenoxy) is 2. The maximum atomic E-state index is 11.7. The highest BCUT2D eigenvalue weighted by atomic mass is 32.2. The number of carboxylic acid groups (broad SMARTS) is 1. The summed E-state index contributed by atoms with van der Waals surface area (Å²) in [5, 5.41) is 28.9. The average Bonchev–Trinajstić information content (AvgIpc) is 2.74. The number of alkyl carbamates (subject to hydrolysis) is 1. The molecule has 0 bridgehead atoms. The van der Waals surface area contributed by atoms with Crippen molar-refractivity contribution in [2.24, 2.45) is 0 Å². The summed E-state index contributed by atoms with van der Waals surface area (Å²) < 4.78 is 9.84. The summed E-state index contributed by atoms with van der Waals surface area (Å²) in [6.07, 6.45) is 3.72. The minimum atomic E-state index is -1.35. The Morgan fingerprint density at radius 2 is 1.24 bits per heavy atom. The van der Waals surface area contributed by atoms with Crippen molar-refractivity contribution in [3.63, 3.8) is 0 Å². The molecule has 1 unspecified atom stereocenters. The molecule has 0 saturated carbocycles. The van der Waals surface area contributed by atoms with E-state index in [0.29, 0.717) is 63.1 Å². The Morgan fingerprint density at radius 1 is 0.788 bits per heavy atom. The fourth-order valence-corrected chi connectivity index (χ4v) is 2.96. The van der Waals surface area contributed by atoms with Crippen LogP contribution in [0.4, 0.5) is 9.59 Å². The minimum absolute atomic E-state index is 0.00381. The molecule has 0 aromatic rings. The van der Waals surface area contributed by atoms with Crippen LogP contribution in [0.25, 0.3) is 0 Å². The molecular formula is C17H29N3O12S. The Kier molecular flexibility index (Phi) is 17.8. The topological polar surface area (TPSA) is 207 Å². The summed E-state index contributed by atoms with van der Waals surface area (Å²) in [6, 6.07) is -1.35. The Bertz CT molecular complexity index is 622. The van der Waals surface area contributed by atoms with Gasteiger partial charge in [0.1, 0.15) is 6.04 Å². The van der Waals surface area contributed by atoms with Crippen LogP contribution in [0.3, 0.4) is 0 Å². The Balaban J connectivity index is 3.83. The van der Waals surface area contributed by atoms with Crippen LogP contribution in [0.1, 0.15) is 51.4 Å². The third-order valence-electron chi connectivity index (χ3n) is 3.88. The number of unbranched alkanes of at least 4 members (excludes halogenated alkanes) is 6. The molecule has 0 radical (unpaired) electrons. The van der Waals surface area contributed by atoms with Crippen molar-refractivity contribution in [1.29, 1.82) is 0 Å². The normalized spacial score (nSPS) is 11.2. The highest BCUT2D eigenvalue weighted by Crippen LogP contribution is 2.10. The number of nitrogens with zero attached hydrogens (tertiary/aromatic N) is 2. The number of amides is 1. The van der Waals surface area contributed by atoms with Crippen molar-refractivity contribution < 1.29 is 48.8 Å². The molecule has 15 nitrogen and oxygen atoms in total. The van der Waals surface area contributed by atoms with E-state index in [9.17, 15) is 34.6 Å². The van der Waals surface area contributed by atoms with Crippen LogP contribution in [-0.4, -0.2) is 70.9 Å². The van der Waals surface area contributed by atoms with Crippen LogP contribution >= 0.6 is 11.8 Å². The minimum Gasteiger partial charge on any atom is -0.480 e. The van der Waals surface area contributed by atoms with E-state index in [2.05, 4.69) is 15.0 Å². The molecule has 0 aliphatic heterocycles. The van der Waals surface area contributed by atoms with Crippen molar-refractivity contribution in [3.8, 4) is 0 Å². The van der Waals surface area contributed by atoms with Crippen molar-refractivity contribution in [3.05, 3.63) is 20.2 Å². The third-order valence-corrected chi connectivity index (χ3v) is 4.74. The summed E-state index contributed by atoms with van der Waals surface area (Å²) in [5.74, 6) is -1.59. The summed E-state index contributed by atoms with van der Waals surface area (Å²) in [6.45, 7) is 0.168. The molecule has 0 aliphatic carbocycles. The number of hydrogen-bond donors (Lipinski definition) is 2. The van der Waals surface area contributed by atoms with Gasteiger partial charge >= 0.3 is 17.4 Å². The summed E-state index contributed by atoms with van der Waals surface area (Å²) >= 11 is 0.605. The van der Waals surface area contributed by atoms with Gasteiger partial charge in [-0.1, -0.05) is 12.8 Å². The van der Waals surface area contributed by atoms with E-state index in [0.717, 1.165) is 0 Å². The molecule has 190 valence electrons. The SMILES string of the molecule is O=C(NC(CSC(=O)OCCCCCCO[N+](=O)[O-])C(=O)O)OCCCCCCO[N+](=O)[O-]. The lowest BCUT2D eigenvalue weighted by Crippen LogP contribution is -2.43. The van der Waals surface area contributed by atoms with Gasteiger partial charge in [-0.25, -0.2) is 14.4 Å². The quantitative estimate of drug-likeness (QED) is 0.107. The molecule has 1 atom stereocenters. The van der Waals surface area contributed by atoms with E-state index in [4.69, 9.17) is 14.6 Å². The van der Waals surface area contributed by atoms with Gasteiger partial charge < -0.3 is 29.6 Å². The number of rotatable bonds is 20. The zero-order valence-corrected chi connectivity index (χ0v) is 18.8. The maximum Gasteiger partial charge on any atom is 0.407 e. The average molecular weight is 499 g/mol. The second-order valence-corrected chi connectivity index (χ2v) is 7.48. The highest BCUT2D eigenvalue weighted by molar-refractivity contribution is 8.13. The van der Waals surface area contributed by atoms with Gasteiger partial charge in [0, 0.05) is 5.75 Å². The summed E-state index contributed by atoms with van der Waals surface area (Å²) in [4.78, 5) is 62.9. The second-order valence-electron chi connectivity index (χ2n) is 6.52. The van der Waals surface area contributed by atoms with Gasteiger partial charge in [-0.05, 0) is 50.3 Å². The molecular weight excluding hydrogens is 470 g/mol. The predicted molar refractivity (Wildman–Crippen MR) is 113 cm³/mol. The fraction of sp³-hybridized carbons (Fsp3) is 0.824. The van der Waals surface area contributed by atoms with Crippen LogP contribution in [0.2, 0.25) is 0 Å². The maximum absolute atomic E-state index is 11.7. The van der Waals surface area contributed by atoms with E-state index in [1.165, 1.54) is 0 Å². The lowest BCUT2D eigenvalue weighted by molar-refractivity contribution is -0.757. The van der Waals surface area contributed by atoms with Gasteiger partial charge in [0.05, 0.1) is 26.4 Å². The van der Waals surface area contributed by atoms with Crippen molar-refractivity contribution >= 4 is 29.1 Å². The molecule has 0 saturated heterocycles. The van der Waals surface area contributed by atoms with E-state index < -0.39 is 33.6 Å². The Hall–Kier alpha value is -3.04. The molecule has 2 N–H and O–H groups in total. The monoisotopic (exact) mass is 499 g/mol. The number of carbonyl (C=O) groups excluding carboxylic acids is 2. The lowest BCUT2D eigenvalue weighted by atomic mass is 10.2. The molecule has 16 heteroatoms. The number of hydrogen-bond acceptors (Lipinski definition) is 12. The van der Waals surface area contributed by atoms with Gasteiger partial charge in [0.25, 0.3) is 10.2 Å². The fourth-order valence-electron chi connectivity index (χ4n) is 2.27. The van der Waals surface area contributed by atoms with Gasteiger partial charge in [-0.2, -0.15) is 0 Å². The van der Waals surface area contributed by atoms with E-state index in [1.54, 1.807) is 0 Å². The molecule has 33 heavy (non-hydrogen) atoms. The predicted octanol–water partition coefficient (Wildman–Crippen LogP) is 2.57. The molecule has 0 rings (SSSR count). The van der Waals surface area contributed by atoms with E-state index >= 15 is 0 Å². The molecule has 0 aromatic heterocycles. The molecule has 0 heterocycles. The third kappa shape index (κ3) is 20.6. The smallest absolute Gasteiger partial charge is 0.407 e. The Labute approximate surface area is 193 Å². The number of nitrogens with one attached hydrogen (secondary N) is 1. The Morgan fingerprint density at radius 3 is 1.70 bits per heavy atom. The van der Waals surface area contributed by atoms with Crippen molar-refractivity contribution in [2.75, 3.05) is 32.2 Å². The zero-order valence-electron chi connectivity index (χ0n) is 18.0. The summed E-state index contributed by atoms with van der Waals surface area (Å²) in [7, 11) is 0. The van der Waals surface area contributed by atoms with Gasteiger partial charge in [0.2, 0.25) is 0 Å². The molecule has 0 spiro atoms. The molecule has 1 amide bonds. The van der Waals surface area contributed by atoms with Gasteiger partial charge in [-0.3, -0.25) is 0 Å². The van der Waals surface area contributed by atoms with Gasteiger partial charge in [-0.15, -0.1) is 20.2 Å². The number of carboxylic acids is 1. The number of carbonyl (C=O) groups is 3. The standard InChI is InChI=1S/C17H29N3O12S/c21-15(22)14(18-16(23)29-9-5-1-3-7-11-31-19(25)26)13-33-17(24)30-10-6-2-4-8-12-32-20(27)28/h14H,1-13H2,(H,18,23)(H,21,22). The molecule has 0 aliphatic rings. The highest BCUT2D eigenvalue weighted by Gasteiger charge is 2.22. The molecule has 0 aromatic carbocycles. The van der Waals surface area contributed by atoms with Crippen LogP contribution in [0.5, 0.6) is 0 Å². The van der Waals surface area contributed by atoms with Crippen LogP contribution in [0.15, 0.2) is 0 Å². The van der Waals surface area contributed by atoms with Crippen LogP contribution in [-0.2, 0) is 23.9 Å². The van der Waals surface area contributed by atoms with Crippen molar-refractivity contribution in [1.82, 2.24) is 5.32 Å². The first kappa shape index (κ1) is 30.0. The zero-order chi connectivity index (χ0) is 24.9. The molecule has 0 fully saturated rings. The van der Waals surface area contributed by atoms with E-state index in [1.807, 2.05) is 0 Å². The first-order valence-electron chi connectivity index (χ1n) is 10.2. The lowest BCUT2D eigenvalue weighted by Gasteiger charge is -2.14. The largest absolute Gasteiger partial charge is 0.480 e. The van der Waals surface area contributed by atoms with Crippen LogP contribution in [0, 0.1) is 20.2 Å². The first-order valence-corrected chi connectivity index (χ1v) is 11.2. The summed E-state index contributed by atoms with van der Waals surface area (Å²) in [5.41, 5.74) is 0. The number of thioether (sulfide) groups is 1. The first-order chi connectivity index (χ1) is 15.7. The van der Waals surface area contributed by atoms with E-state index in [-0.39, 0.29) is 32.2 Å². The number of aliphatic carboxylic acids is 1. The van der Waals surface area contributed by atoms with Crippen molar-refractivity contribution in [2.45, 2.75) is 57.4 Å². The second kappa shape index (κ2) is 19.6. The van der Waals surface area contributed by atoms with Gasteiger partial charge in [0.15, 0.2) is 0 Å². The van der Waals surface area contributed by atoms with Crippen LogP contribution < -0.4 is 5.32 Å².